The lowest BCUT2D eigenvalue weighted by molar-refractivity contribution is -0.145. The number of carbonyl (C=O) groups excluding carboxylic acids is 2. The summed E-state index contributed by atoms with van der Waals surface area (Å²) < 4.78 is 4.87. The van der Waals surface area contributed by atoms with Crippen molar-refractivity contribution in [3.8, 4) is 0 Å². The Kier molecular flexibility index (Phi) is 4.29. The molecule has 1 aromatic carbocycles. The second-order valence-corrected chi connectivity index (χ2v) is 5.18. The first kappa shape index (κ1) is 14.4. The van der Waals surface area contributed by atoms with Crippen molar-refractivity contribution in [3.63, 3.8) is 0 Å². The number of para-hydroxylation sites is 1. The van der Waals surface area contributed by atoms with Crippen molar-refractivity contribution in [1.82, 2.24) is 0 Å². The van der Waals surface area contributed by atoms with Gasteiger partial charge >= 0.3 is 11.9 Å². The highest BCUT2D eigenvalue weighted by atomic mass is 32.2. The fourth-order valence-electron chi connectivity index (χ4n) is 1.88. The molecular weight excluding hydrogens is 282 g/mol. The number of fused-ring (bicyclic) bond motifs is 1. The Morgan fingerprint density at radius 1 is 1.40 bits per heavy atom. The quantitative estimate of drug-likeness (QED) is 0.662. The van der Waals surface area contributed by atoms with Gasteiger partial charge in [-0.25, -0.2) is 0 Å². The van der Waals surface area contributed by atoms with Crippen LogP contribution in [0.4, 0.5) is 5.69 Å². The van der Waals surface area contributed by atoms with Crippen molar-refractivity contribution in [2.45, 2.75) is 17.1 Å². The van der Waals surface area contributed by atoms with Gasteiger partial charge in [-0.3, -0.25) is 19.3 Å². The van der Waals surface area contributed by atoms with Crippen molar-refractivity contribution < 1.29 is 24.2 Å². The molecule has 1 N–H and O–H groups in total. The summed E-state index contributed by atoms with van der Waals surface area (Å²) in [6.45, 7) is 1.34. The monoisotopic (exact) mass is 295 g/mol. The summed E-state index contributed by atoms with van der Waals surface area (Å²) in [7, 11) is 0. The third-order valence-corrected chi connectivity index (χ3v) is 3.91. The van der Waals surface area contributed by atoms with Gasteiger partial charge in [0.2, 0.25) is 0 Å². The number of benzene rings is 1. The molecule has 1 aliphatic rings. The number of hydrogen-bond donors (Lipinski definition) is 1. The predicted octanol–water partition coefficient (Wildman–Crippen LogP) is 1.14. The maximum Gasteiger partial charge on any atom is 0.329 e. The average Bonchev–Trinajstić information content (AvgIpc) is 2.41. The lowest BCUT2D eigenvalue weighted by Crippen LogP contribution is -2.47. The highest BCUT2D eigenvalue weighted by molar-refractivity contribution is 8.01. The number of esters is 1. The highest BCUT2D eigenvalue weighted by Crippen LogP contribution is 2.39. The first-order valence-corrected chi connectivity index (χ1v) is 6.88. The van der Waals surface area contributed by atoms with Crippen molar-refractivity contribution >= 4 is 35.3 Å². The minimum atomic E-state index is -1.14. The highest BCUT2D eigenvalue weighted by Gasteiger charge is 2.39. The SMILES string of the molecule is CCOC(=O)C1Sc2ccccc2N(CC(=O)O)C1=O. The van der Waals surface area contributed by atoms with Gasteiger partial charge in [0.15, 0.2) is 5.25 Å². The maximum absolute atomic E-state index is 12.3. The summed E-state index contributed by atoms with van der Waals surface area (Å²) in [5.74, 6) is -2.34. The number of aliphatic carboxylic acids is 1. The van der Waals surface area contributed by atoms with Gasteiger partial charge in [0.05, 0.1) is 12.3 Å². The Labute approximate surface area is 119 Å². The lowest BCUT2D eigenvalue weighted by atomic mass is 10.2. The minimum Gasteiger partial charge on any atom is -0.480 e. The number of carbonyl (C=O) groups is 3. The van der Waals surface area contributed by atoms with E-state index in [4.69, 9.17) is 9.84 Å². The van der Waals surface area contributed by atoms with Gasteiger partial charge in [-0.05, 0) is 19.1 Å². The van der Waals surface area contributed by atoms with E-state index < -0.39 is 29.6 Å². The van der Waals surface area contributed by atoms with E-state index >= 15 is 0 Å². The zero-order valence-corrected chi connectivity index (χ0v) is 11.6. The normalized spacial score (nSPS) is 17.6. The summed E-state index contributed by atoms with van der Waals surface area (Å²) >= 11 is 1.09. The van der Waals surface area contributed by atoms with E-state index in [9.17, 15) is 14.4 Å². The minimum absolute atomic E-state index is 0.170. The number of hydrogen-bond acceptors (Lipinski definition) is 5. The van der Waals surface area contributed by atoms with E-state index in [2.05, 4.69) is 0 Å². The van der Waals surface area contributed by atoms with Gasteiger partial charge in [-0.2, -0.15) is 0 Å². The molecule has 20 heavy (non-hydrogen) atoms. The molecule has 0 radical (unpaired) electrons. The van der Waals surface area contributed by atoms with Crippen LogP contribution in [0.25, 0.3) is 0 Å². The van der Waals surface area contributed by atoms with Crippen LogP contribution in [-0.4, -0.2) is 41.4 Å². The van der Waals surface area contributed by atoms with E-state index in [1.807, 2.05) is 0 Å². The van der Waals surface area contributed by atoms with Crippen LogP contribution >= 0.6 is 11.8 Å². The summed E-state index contributed by atoms with van der Waals surface area (Å²) in [6.07, 6.45) is 0. The predicted molar refractivity (Wildman–Crippen MR) is 72.7 cm³/mol. The molecule has 1 unspecified atom stereocenters. The Bertz CT molecular complexity index is 559. The molecule has 1 aromatic rings. The average molecular weight is 295 g/mol. The van der Waals surface area contributed by atoms with Crippen molar-refractivity contribution in [2.24, 2.45) is 0 Å². The summed E-state index contributed by atoms with van der Waals surface area (Å²) in [5.41, 5.74) is 0.505. The molecule has 0 aromatic heterocycles. The lowest BCUT2D eigenvalue weighted by Gasteiger charge is -2.31. The summed E-state index contributed by atoms with van der Waals surface area (Å²) in [4.78, 5) is 36.8. The van der Waals surface area contributed by atoms with Crippen LogP contribution in [0.2, 0.25) is 0 Å². The molecule has 1 heterocycles. The van der Waals surface area contributed by atoms with E-state index in [1.54, 1.807) is 31.2 Å². The van der Waals surface area contributed by atoms with Crippen molar-refractivity contribution in [3.05, 3.63) is 24.3 Å². The first-order chi connectivity index (χ1) is 9.54. The largest absolute Gasteiger partial charge is 0.480 e. The molecule has 0 bridgehead atoms. The van der Waals surface area contributed by atoms with Gasteiger partial charge in [-0.15, -0.1) is 0 Å². The second-order valence-electron chi connectivity index (χ2n) is 4.04. The third kappa shape index (κ3) is 2.77. The molecule has 106 valence electrons. The molecule has 0 spiro atoms. The zero-order valence-electron chi connectivity index (χ0n) is 10.7. The number of nitrogens with zero attached hydrogens (tertiary/aromatic N) is 1. The maximum atomic E-state index is 12.3. The number of amides is 1. The third-order valence-electron chi connectivity index (χ3n) is 2.69. The number of thioether (sulfide) groups is 1. The molecule has 2 rings (SSSR count). The molecule has 7 heteroatoms. The number of ether oxygens (including phenoxy) is 1. The topological polar surface area (TPSA) is 83.9 Å². The standard InChI is InChI=1S/C13H13NO5S/c1-2-19-13(18)11-12(17)14(7-10(15)16)8-5-3-4-6-9(8)20-11/h3-6,11H,2,7H2,1H3,(H,15,16). The number of anilines is 1. The van der Waals surface area contributed by atoms with Crippen LogP contribution in [0.5, 0.6) is 0 Å². The van der Waals surface area contributed by atoms with Gasteiger partial charge in [0.25, 0.3) is 5.91 Å². The molecular formula is C13H13NO5S. The van der Waals surface area contributed by atoms with Gasteiger partial charge < -0.3 is 9.84 Å². The summed E-state index contributed by atoms with van der Waals surface area (Å²) in [6, 6.07) is 6.88. The van der Waals surface area contributed by atoms with Gasteiger partial charge in [0, 0.05) is 4.90 Å². The molecule has 0 aliphatic carbocycles. The molecule has 0 saturated heterocycles. The molecule has 0 fully saturated rings. The number of rotatable bonds is 4. The smallest absolute Gasteiger partial charge is 0.329 e. The summed E-state index contributed by atoms with van der Waals surface area (Å²) in [5, 5.41) is 7.87. The Balaban J connectivity index is 2.37. The fourth-order valence-corrected chi connectivity index (χ4v) is 2.99. The molecule has 1 amide bonds. The fraction of sp³-hybridized carbons (Fsp3) is 0.308. The molecule has 6 nitrogen and oxygen atoms in total. The molecule has 1 aliphatic heterocycles. The van der Waals surface area contributed by atoms with E-state index in [0.717, 1.165) is 16.7 Å². The first-order valence-electron chi connectivity index (χ1n) is 6.00. The van der Waals surface area contributed by atoms with Crippen LogP contribution in [0.15, 0.2) is 29.2 Å². The Morgan fingerprint density at radius 2 is 2.10 bits per heavy atom. The van der Waals surface area contributed by atoms with Gasteiger partial charge in [-0.1, -0.05) is 23.9 Å². The van der Waals surface area contributed by atoms with Crippen molar-refractivity contribution in [1.29, 1.82) is 0 Å². The molecule has 1 atom stereocenters. The van der Waals surface area contributed by atoms with Crippen LogP contribution in [0, 0.1) is 0 Å². The number of carboxylic acids is 1. The number of carboxylic acid groups (broad SMARTS) is 1. The van der Waals surface area contributed by atoms with Crippen LogP contribution in [-0.2, 0) is 19.1 Å². The van der Waals surface area contributed by atoms with E-state index in [1.165, 1.54) is 0 Å². The second kappa shape index (κ2) is 5.96. The van der Waals surface area contributed by atoms with E-state index in [0.29, 0.717) is 10.6 Å². The zero-order chi connectivity index (χ0) is 14.7. The van der Waals surface area contributed by atoms with Crippen LogP contribution in [0.3, 0.4) is 0 Å². The van der Waals surface area contributed by atoms with Crippen LogP contribution < -0.4 is 4.90 Å². The molecule has 0 saturated carbocycles. The Hall–Kier alpha value is -2.02. The van der Waals surface area contributed by atoms with Crippen molar-refractivity contribution in [2.75, 3.05) is 18.1 Å². The van der Waals surface area contributed by atoms with Gasteiger partial charge in [0.1, 0.15) is 6.54 Å². The van der Waals surface area contributed by atoms with Crippen LogP contribution in [0.1, 0.15) is 6.92 Å². The Morgan fingerprint density at radius 3 is 2.75 bits per heavy atom. The van der Waals surface area contributed by atoms with E-state index in [-0.39, 0.29) is 6.61 Å².